The molecule has 1 aromatic carbocycles. The molecule has 0 fully saturated rings. The number of rotatable bonds is 2. The van der Waals surface area contributed by atoms with E-state index in [1.54, 1.807) is 0 Å². The van der Waals surface area contributed by atoms with Gasteiger partial charge in [-0.2, -0.15) is 0 Å². The fourth-order valence-electron chi connectivity index (χ4n) is 2.27. The topological polar surface area (TPSA) is 38.3 Å². The number of benzene rings is 1. The van der Waals surface area contributed by atoms with E-state index in [0.29, 0.717) is 5.92 Å². The number of hydrogen-bond donors (Lipinski definition) is 1. The van der Waals surface area contributed by atoms with E-state index in [2.05, 4.69) is 25.2 Å². The summed E-state index contributed by atoms with van der Waals surface area (Å²) in [5.74, 6) is 0.205. The third-order valence-corrected chi connectivity index (χ3v) is 3.30. The largest absolute Gasteiger partial charge is 0.465 e. The van der Waals surface area contributed by atoms with Crippen molar-refractivity contribution in [3.63, 3.8) is 0 Å². The van der Waals surface area contributed by atoms with Gasteiger partial charge in [0.2, 0.25) is 0 Å². The van der Waals surface area contributed by atoms with Crippen LogP contribution >= 0.6 is 0 Å². The zero-order chi connectivity index (χ0) is 12.4. The Kier molecular flexibility index (Phi) is 3.48. The molecule has 3 nitrogen and oxygen atoms in total. The van der Waals surface area contributed by atoms with E-state index in [-0.39, 0.29) is 5.97 Å². The molecule has 0 atom stereocenters. The van der Waals surface area contributed by atoms with Crippen molar-refractivity contribution < 1.29 is 9.53 Å². The Bertz CT molecular complexity index is 438. The molecule has 0 spiro atoms. The molecule has 92 valence electrons. The normalized spacial score (nSPS) is 14.6. The van der Waals surface area contributed by atoms with Gasteiger partial charge in [-0.1, -0.05) is 19.9 Å². The number of nitrogens with one attached hydrogen (secondary N) is 1. The molecule has 0 saturated carbocycles. The molecule has 1 aromatic rings. The number of carbonyl (C=O) groups excluding carboxylic acids is 1. The molecule has 1 heterocycles. The second-order valence-electron chi connectivity index (χ2n) is 4.78. The lowest BCUT2D eigenvalue weighted by atomic mass is 9.89. The third-order valence-electron chi connectivity index (χ3n) is 3.30. The second-order valence-corrected chi connectivity index (χ2v) is 4.78. The number of esters is 1. The van der Waals surface area contributed by atoms with Crippen LogP contribution in [-0.4, -0.2) is 19.6 Å². The lowest BCUT2D eigenvalue weighted by molar-refractivity contribution is 0.0599. The van der Waals surface area contributed by atoms with E-state index in [4.69, 9.17) is 4.74 Å². The van der Waals surface area contributed by atoms with Gasteiger partial charge in [-0.15, -0.1) is 0 Å². The minimum Gasteiger partial charge on any atom is -0.465 e. The highest BCUT2D eigenvalue weighted by Gasteiger charge is 2.20. The smallest absolute Gasteiger partial charge is 0.338 e. The maximum absolute atomic E-state index is 11.8. The van der Waals surface area contributed by atoms with Gasteiger partial charge in [-0.25, -0.2) is 4.79 Å². The minimum absolute atomic E-state index is 0.217. The van der Waals surface area contributed by atoms with Crippen molar-refractivity contribution in [2.75, 3.05) is 13.7 Å². The summed E-state index contributed by atoms with van der Waals surface area (Å²) in [4.78, 5) is 11.8. The van der Waals surface area contributed by atoms with Gasteiger partial charge in [0, 0.05) is 6.54 Å². The van der Waals surface area contributed by atoms with E-state index in [1.807, 2.05) is 6.07 Å². The van der Waals surface area contributed by atoms with Gasteiger partial charge in [0.15, 0.2) is 0 Å². The van der Waals surface area contributed by atoms with Crippen LogP contribution in [0.5, 0.6) is 0 Å². The number of ether oxygens (including phenoxy) is 1. The molecule has 2 rings (SSSR count). The van der Waals surface area contributed by atoms with Crippen LogP contribution in [0.25, 0.3) is 0 Å². The lowest BCUT2D eigenvalue weighted by Gasteiger charge is -2.22. The van der Waals surface area contributed by atoms with Crippen LogP contribution in [0, 0.1) is 0 Å². The fourth-order valence-corrected chi connectivity index (χ4v) is 2.27. The van der Waals surface area contributed by atoms with Gasteiger partial charge in [0.05, 0.1) is 12.7 Å². The van der Waals surface area contributed by atoms with Crippen LogP contribution in [-0.2, 0) is 17.7 Å². The number of carbonyl (C=O) groups is 1. The van der Waals surface area contributed by atoms with Crippen molar-refractivity contribution in [2.45, 2.75) is 32.7 Å². The van der Waals surface area contributed by atoms with Crippen molar-refractivity contribution in [3.05, 3.63) is 34.4 Å². The van der Waals surface area contributed by atoms with Gasteiger partial charge in [0.1, 0.15) is 0 Å². The van der Waals surface area contributed by atoms with Crippen LogP contribution in [0.15, 0.2) is 12.1 Å². The minimum atomic E-state index is -0.217. The van der Waals surface area contributed by atoms with E-state index < -0.39 is 0 Å². The van der Waals surface area contributed by atoms with E-state index >= 15 is 0 Å². The fraction of sp³-hybridized carbons (Fsp3) is 0.500. The van der Waals surface area contributed by atoms with Crippen LogP contribution in [0.3, 0.4) is 0 Å². The first-order valence-corrected chi connectivity index (χ1v) is 6.08. The average molecular weight is 233 g/mol. The van der Waals surface area contributed by atoms with Crippen molar-refractivity contribution >= 4 is 5.97 Å². The summed E-state index contributed by atoms with van der Waals surface area (Å²) >= 11 is 0. The molecule has 0 radical (unpaired) electrons. The molecule has 1 aliphatic rings. The monoisotopic (exact) mass is 233 g/mol. The molecule has 17 heavy (non-hydrogen) atoms. The van der Waals surface area contributed by atoms with Gasteiger partial charge in [0.25, 0.3) is 0 Å². The van der Waals surface area contributed by atoms with Gasteiger partial charge in [-0.05, 0) is 41.6 Å². The zero-order valence-electron chi connectivity index (χ0n) is 10.7. The summed E-state index contributed by atoms with van der Waals surface area (Å²) in [6.07, 6.45) is 0.901. The first kappa shape index (κ1) is 12.1. The van der Waals surface area contributed by atoms with Crippen LogP contribution in [0.1, 0.15) is 46.8 Å². The highest BCUT2D eigenvalue weighted by molar-refractivity contribution is 5.91. The molecule has 1 N–H and O–H groups in total. The molecule has 0 bridgehead atoms. The number of hydrogen-bond acceptors (Lipinski definition) is 3. The first-order valence-electron chi connectivity index (χ1n) is 6.08. The number of fused-ring (bicyclic) bond motifs is 1. The summed E-state index contributed by atoms with van der Waals surface area (Å²) in [6.45, 7) is 6.05. The van der Waals surface area contributed by atoms with Crippen molar-refractivity contribution in [2.24, 2.45) is 0 Å². The molecule has 1 aliphatic heterocycles. The third kappa shape index (κ3) is 2.34. The Labute approximate surface area is 102 Å². The highest BCUT2D eigenvalue weighted by atomic mass is 16.5. The molecular formula is C14H19NO2. The summed E-state index contributed by atoms with van der Waals surface area (Å²) in [5.41, 5.74) is 4.34. The molecule has 0 unspecified atom stereocenters. The Balaban J connectivity index is 2.54. The summed E-state index contributed by atoms with van der Waals surface area (Å²) in [5, 5.41) is 3.34. The first-order chi connectivity index (χ1) is 8.13. The van der Waals surface area contributed by atoms with Crippen molar-refractivity contribution in [1.82, 2.24) is 5.32 Å². The molecular weight excluding hydrogens is 214 g/mol. The molecule has 0 saturated heterocycles. The predicted molar refractivity (Wildman–Crippen MR) is 67.3 cm³/mol. The molecule has 3 heteroatoms. The quantitative estimate of drug-likeness (QED) is 0.796. The van der Waals surface area contributed by atoms with E-state index in [1.165, 1.54) is 18.2 Å². The SMILES string of the molecule is COC(=O)c1cc(C(C)C)cc2c1CCNC2. The molecule has 0 aliphatic carbocycles. The van der Waals surface area contributed by atoms with Crippen LogP contribution < -0.4 is 5.32 Å². The Hall–Kier alpha value is -1.35. The van der Waals surface area contributed by atoms with Gasteiger partial charge >= 0.3 is 5.97 Å². The second kappa shape index (κ2) is 4.88. The maximum atomic E-state index is 11.8. The lowest BCUT2D eigenvalue weighted by Crippen LogP contribution is -2.26. The summed E-state index contributed by atoms with van der Waals surface area (Å²) in [7, 11) is 1.44. The van der Waals surface area contributed by atoms with Gasteiger partial charge < -0.3 is 10.1 Å². The summed E-state index contributed by atoms with van der Waals surface area (Å²) in [6, 6.07) is 4.19. The van der Waals surface area contributed by atoms with Crippen molar-refractivity contribution in [1.29, 1.82) is 0 Å². The Morgan fingerprint density at radius 2 is 2.18 bits per heavy atom. The highest BCUT2D eigenvalue weighted by Crippen LogP contribution is 2.25. The standard InChI is InChI=1S/C14H19NO2/c1-9(2)10-6-11-8-15-5-4-12(11)13(7-10)14(16)17-3/h6-7,9,15H,4-5,8H2,1-3H3. The van der Waals surface area contributed by atoms with E-state index in [9.17, 15) is 4.79 Å². The van der Waals surface area contributed by atoms with Gasteiger partial charge in [-0.3, -0.25) is 0 Å². The maximum Gasteiger partial charge on any atom is 0.338 e. The molecule has 0 amide bonds. The van der Waals surface area contributed by atoms with Crippen LogP contribution in [0.4, 0.5) is 0 Å². The molecule has 0 aromatic heterocycles. The van der Waals surface area contributed by atoms with Crippen molar-refractivity contribution in [3.8, 4) is 0 Å². The van der Waals surface area contributed by atoms with E-state index in [0.717, 1.165) is 30.6 Å². The summed E-state index contributed by atoms with van der Waals surface area (Å²) < 4.78 is 4.88. The van der Waals surface area contributed by atoms with Crippen LogP contribution in [0.2, 0.25) is 0 Å². The Morgan fingerprint density at radius 1 is 1.41 bits per heavy atom. The predicted octanol–water partition coefficient (Wildman–Crippen LogP) is 2.24. The zero-order valence-corrected chi connectivity index (χ0v) is 10.7. The Morgan fingerprint density at radius 3 is 2.82 bits per heavy atom. The average Bonchev–Trinajstić information content (AvgIpc) is 2.36. The number of methoxy groups -OCH3 is 1.